The molecule has 100 valence electrons. The molecule has 1 heterocycles. The summed E-state index contributed by atoms with van der Waals surface area (Å²) in [6.07, 6.45) is 2.18. The molecule has 0 aliphatic carbocycles. The van der Waals surface area contributed by atoms with E-state index in [-0.39, 0.29) is 11.5 Å². The molecular formula is C10H15N3O4S. The van der Waals surface area contributed by atoms with Crippen LogP contribution in [0.3, 0.4) is 0 Å². The SMILES string of the molecule is COCCCNc1nc(S(C)=O)ccc1[N+](=O)[O-]. The molecule has 1 aromatic heterocycles. The van der Waals surface area contributed by atoms with Crippen molar-refractivity contribution in [1.82, 2.24) is 4.98 Å². The van der Waals surface area contributed by atoms with Gasteiger partial charge in [-0.2, -0.15) is 0 Å². The smallest absolute Gasteiger partial charge is 0.311 e. The Morgan fingerprint density at radius 2 is 2.28 bits per heavy atom. The Kier molecular flexibility index (Phi) is 5.66. The van der Waals surface area contributed by atoms with Crippen molar-refractivity contribution in [1.29, 1.82) is 0 Å². The van der Waals surface area contributed by atoms with Gasteiger partial charge in [-0.05, 0) is 12.5 Å². The standard InChI is InChI=1S/C10H15N3O4S/c1-17-7-3-6-11-10-8(13(14)15)4-5-9(12-10)18(2)16/h4-5H,3,6-7H2,1-2H3,(H,11,12). The van der Waals surface area contributed by atoms with Gasteiger partial charge < -0.3 is 10.1 Å². The molecule has 8 heteroatoms. The molecule has 0 amide bonds. The first-order valence-corrected chi connectivity index (χ1v) is 6.83. The number of pyridine rings is 1. The fourth-order valence-electron chi connectivity index (χ4n) is 1.29. The fourth-order valence-corrected chi connectivity index (χ4v) is 1.77. The van der Waals surface area contributed by atoms with E-state index < -0.39 is 15.7 Å². The second kappa shape index (κ2) is 7.02. The highest BCUT2D eigenvalue weighted by Crippen LogP contribution is 2.22. The maximum atomic E-state index is 11.3. The van der Waals surface area contributed by atoms with E-state index in [4.69, 9.17) is 4.74 Å². The normalized spacial score (nSPS) is 12.1. The first-order valence-electron chi connectivity index (χ1n) is 5.28. The number of rotatable bonds is 7. The van der Waals surface area contributed by atoms with Gasteiger partial charge in [0.05, 0.1) is 15.7 Å². The van der Waals surface area contributed by atoms with Gasteiger partial charge in [0.1, 0.15) is 5.03 Å². The molecule has 1 N–H and O–H groups in total. The summed E-state index contributed by atoms with van der Waals surface area (Å²) in [7, 11) is 0.317. The van der Waals surface area contributed by atoms with Gasteiger partial charge in [0, 0.05) is 32.6 Å². The number of nitro groups is 1. The zero-order valence-corrected chi connectivity index (χ0v) is 11.0. The predicted octanol–water partition coefficient (Wildman–Crippen LogP) is 1.18. The minimum atomic E-state index is -1.27. The van der Waals surface area contributed by atoms with E-state index in [0.717, 1.165) is 0 Å². The van der Waals surface area contributed by atoms with E-state index in [9.17, 15) is 14.3 Å². The molecule has 1 atom stereocenters. The molecule has 0 fully saturated rings. The molecule has 0 aliphatic rings. The molecular weight excluding hydrogens is 258 g/mol. The summed E-state index contributed by atoms with van der Waals surface area (Å²) in [6, 6.07) is 2.71. The second-order valence-electron chi connectivity index (χ2n) is 3.50. The van der Waals surface area contributed by atoms with Crippen LogP contribution in [0.15, 0.2) is 17.2 Å². The van der Waals surface area contributed by atoms with Crippen LogP contribution >= 0.6 is 0 Å². The van der Waals surface area contributed by atoms with Crippen molar-refractivity contribution < 1.29 is 13.9 Å². The molecule has 18 heavy (non-hydrogen) atoms. The molecule has 0 saturated heterocycles. The lowest BCUT2D eigenvalue weighted by atomic mass is 10.3. The number of ether oxygens (including phenoxy) is 1. The largest absolute Gasteiger partial charge is 0.385 e. The van der Waals surface area contributed by atoms with Crippen molar-refractivity contribution in [2.24, 2.45) is 0 Å². The van der Waals surface area contributed by atoms with Crippen LogP contribution < -0.4 is 5.32 Å². The van der Waals surface area contributed by atoms with Crippen LogP contribution in [-0.4, -0.2) is 40.6 Å². The van der Waals surface area contributed by atoms with Gasteiger partial charge in [-0.3, -0.25) is 14.3 Å². The van der Waals surface area contributed by atoms with Crippen LogP contribution in [0, 0.1) is 10.1 Å². The number of hydrogen-bond acceptors (Lipinski definition) is 6. The van der Waals surface area contributed by atoms with Gasteiger partial charge in [-0.25, -0.2) is 4.98 Å². The van der Waals surface area contributed by atoms with Crippen molar-refractivity contribution in [2.45, 2.75) is 11.4 Å². The maximum absolute atomic E-state index is 11.3. The van der Waals surface area contributed by atoms with E-state index in [0.29, 0.717) is 24.6 Å². The minimum absolute atomic E-state index is 0.124. The van der Waals surface area contributed by atoms with Crippen molar-refractivity contribution in [2.75, 3.05) is 31.8 Å². The summed E-state index contributed by atoms with van der Waals surface area (Å²) in [4.78, 5) is 14.3. The first kappa shape index (κ1) is 14.5. The van der Waals surface area contributed by atoms with Crippen LogP contribution in [0.1, 0.15) is 6.42 Å². The number of aromatic nitrogens is 1. The van der Waals surface area contributed by atoms with Gasteiger partial charge >= 0.3 is 5.69 Å². The first-order chi connectivity index (χ1) is 8.56. The van der Waals surface area contributed by atoms with E-state index in [1.807, 2.05) is 0 Å². The quantitative estimate of drug-likeness (QED) is 0.455. The third-order valence-corrected chi connectivity index (χ3v) is 2.97. The van der Waals surface area contributed by atoms with Crippen molar-refractivity contribution in [3.8, 4) is 0 Å². The highest BCUT2D eigenvalue weighted by atomic mass is 32.2. The zero-order valence-electron chi connectivity index (χ0n) is 10.2. The average Bonchev–Trinajstić information content (AvgIpc) is 2.34. The molecule has 1 rings (SSSR count). The highest BCUT2D eigenvalue weighted by Gasteiger charge is 2.16. The van der Waals surface area contributed by atoms with E-state index >= 15 is 0 Å². The third kappa shape index (κ3) is 4.04. The lowest BCUT2D eigenvalue weighted by Crippen LogP contribution is -2.09. The third-order valence-electron chi connectivity index (χ3n) is 2.16. The lowest BCUT2D eigenvalue weighted by Gasteiger charge is -2.07. The average molecular weight is 273 g/mol. The number of nitrogens with zero attached hydrogens (tertiary/aromatic N) is 2. The van der Waals surface area contributed by atoms with Crippen molar-refractivity contribution in [3.63, 3.8) is 0 Å². The van der Waals surface area contributed by atoms with Gasteiger partial charge in [-0.1, -0.05) is 0 Å². The number of methoxy groups -OCH3 is 1. The second-order valence-corrected chi connectivity index (χ2v) is 4.83. The van der Waals surface area contributed by atoms with Crippen molar-refractivity contribution in [3.05, 3.63) is 22.2 Å². The van der Waals surface area contributed by atoms with Crippen molar-refractivity contribution >= 4 is 22.3 Å². The maximum Gasteiger partial charge on any atom is 0.311 e. The Balaban J connectivity index is 2.86. The molecule has 1 unspecified atom stereocenters. The van der Waals surface area contributed by atoms with Crippen LogP contribution in [0.25, 0.3) is 0 Å². The van der Waals surface area contributed by atoms with Crippen LogP contribution in [-0.2, 0) is 15.5 Å². The molecule has 0 spiro atoms. The summed E-state index contributed by atoms with van der Waals surface area (Å²) in [6.45, 7) is 1.06. The van der Waals surface area contributed by atoms with Gasteiger partial charge in [-0.15, -0.1) is 0 Å². The minimum Gasteiger partial charge on any atom is -0.385 e. The molecule has 0 saturated carbocycles. The molecule has 7 nitrogen and oxygen atoms in total. The van der Waals surface area contributed by atoms with Crippen LogP contribution in [0.2, 0.25) is 0 Å². The number of nitrogens with one attached hydrogen (secondary N) is 1. The topological polar surface area (TPSA) is 94.4 Å². The summed E-state index contributed by atoms with van der Waals surface area (Å²) in [5, 5.41) is 14.0. The molecule has 1 aromatic rings. The summed E-state index contributed by atoms with van der Waals surface area (Å²) in [5.74, 6) is 0.142. The fraction of sp³-hybridized carbons (Fsp3) is 0.500. The van der Waals surface area contributed by atoms with E-state index in [1.165, 1.54) is 18.4 Å². The van der Waals surface area contributed by atoms with Gasteiger partial charge in [0.25, 0.3) is 0 Å². The van der Waals surface area contributed by atoms with E-state index in [2.05, 4.69) is 10.3 Å². The van der Waals surface area contributed by atoms with Gasteiger partial charge in [0.15, 0.2) is 0 Å². The predicted molar refractivity (Wildman–Crippen MR) is 68.2 cm³/mol. The van der Waals surface area contributed by atoms with Crippen LogP contribution in [0.4, 0.5) is 11.5 Å². The summed E-state index contributed by atoms with van der Waals surface area (Å²) < 4.78 is 16.2. The monoisotopic (exact) mass is 273 g/mol. The Labute approximate surface area is 107 Å². The van der Waals surface area contributed by atoms with Gasteiger partial charge in [0.2, 0.25) is 5.82 Å². The zero-order chi connectivity index (χ0) is 13.5. The number of anilines is 1. The molecule has 0 aliphatic heterocycles. The van der Waals surface area contributed by atoms with Crippen LogP contribution in [0.5, 0.6) is 0 Å². The Hall–Kier alpha value is -1.54. The Morgan fingerprint density at radius 1 is 1.56 bits per heavy atom. The number of hydrogen-bond donors (Lipinski definition) is 1. The molecule has 0 bridgehead atoms. The molecule has 0 radical (unpaired) electrons. The van der Waals surface area contributed by atoms with E-state index in [1.54, 1.807) is 7.11 Å². The Bertz CT molecular complexity index is 453. The summed E-state index contributed by atoms with van der Waals surface area (Å²) in [5.41, 5.74) is -0.124. The highest BCUT2D eigenvalue weighted by molar-refractivity contribution is 7.84. The molecule has 0 aromatic carbocycles. The summed E-state index contributed by atoms with van der Waals surface area (Å²) >= 11 is 0. The lowest BCUT2D eigenvalue weighted by molar-refractivity contribution is -0.384. The Morgan fingerprint density at radius 3 is 2.83 bits per heavy atom.